The Hall–Kier alpha value is -2.38. The number of hydrogen-bond donors (Lipinski definition) is 0. The van der Waals surface area contributed by atoms with Gasteiger partial charge in [-0.05, 0) is 81.7 Å². The Balaban J connectivity index is 1.58. The van der Waals surface area contributed by atoms with Crippen LogP contribution < -0.4 is 0 Å². The monoisotopic (exact) mass is 538 g/mol. The first-order chi connectivity index (χ1) is 16.8. The van der Waals surface area contributed by atoms with Crippen LogP contribution in [0.2, 0.25) is 0 Å². The third-order valence-corrected chi connectivity index (χ3v) is 8.96. The number of rotatable bonds is 3. The van der Waals surface area contributed by atoms with Crippen molar-refractivity contribution in [3.63, 3.8) is 0 Å². The first kappa shape index (κ1) is 25.3. The Kier molecular flexibility index (Phi) is 6.23. The highest BCUT2D eigenvalue weighted by Gasteiger charge is 2.32. The summed E-state index contributed by atoms with van der Waals surface area (Å²) in [5.74, 6) is 0.920. The van der Waals surface area contributed by atoms with Crippen molar-refractivity contribution < 1.29 is 0 Å². The molecule has 3 aromatic rings. The van der Waals surface area contributed by atoms with Crippen molar-refractivity contribution >= 4 is 28.1 Å². The highest BCUT2D eigenvalue weighted by Crippen LogP contribution is 2.50. The predicted octanol–water partition coefficient (Wildman–Crippen LogP) is 10.8. The zero-order valence-electron chi connectivity index (χ0n) is 23.1. The summed E-state index contributed by atoms with van der Waals surface area (Å²) in [5, 5.41) is 0. The van der Waals surface area contributed by atoms with Crippen LogP contribution in [0.25, 0.3) is 23.3 Å². The Bertz CT molecular complexity index is 1370. The lowest BCUT2D eigenvalue weighted by Gasteiger charge is -2.27. The van der Waals surface area contributed by atoms with Gasteiger partial charge in [0.15, 0.2) is 0 Å². The van der Waals surface area contributed by atoms with E-state index >= 15 is 0 Å². The van der Waals surface area contributed by atoms with E-state index < -0.39 is 0 Å². The van der Waals surface area contributed by atoms with E-state index in [0.717, 1.165) is 6.42 Å². The second-order valence-corrected chi connectivity index (χ2v) is 13.8. The number of fused-ring (bicyclic) bond motifs is 2. The van der Waals surface area contributed by atoms with Gasteiger partial charge in [0.05, 0.1) is 0 Å². The lowest BCUT2D eigenvalue weighted by atomic mass is 9.78. The molecule has 2 aliphatic rings. The molecule has 0 nitrogen and oxygen atoms in total. The van der Waals surface area contributed by atoms with E-state index in [1.165, 1.54) is 60.1 Å². The fraction of sp³-hybridized carbons (Fsp3) is 0.371. The predicted molar refractivity (Wildman–Crippen MR) is 161 cm³/mol. The molecule has 0 fully saturated rings. The molecule has 0 aromatic heterocycles. The number of benzene rings is 3. The molecule has 186 valence electrons. The highest BCUT2D eigenvalue weighted by atomic mass is 79.9. The number of allylic oxidation sites excluding steroid dienone is 2. The van der Waals surface area contributed by atoms with Crippen molar-refractivity contribution in [3.8, 4) is 11.1 Å². The minimum Gasteiger partial charge on any atom is -0.0651 e. The maximum Gasteiger partial charge on any atom is 0.0250 e. The third-order valence-electron chi connectivity index (χ3n) is 8.27. The van der Waals surface area contributed by atoms with E-state index in [1.54, 1.807) is 0 Å². The molecule has 0 spiro atoms. The largest absolute Gasteiger partial charge is 0.0651 e. The van der Waals surface area contributed by atoms with E-state index in [0.29, 0.717) is 11.8 Å². The van der Waals surface area contributed by atoms with Gasteiger partial charge >= 0.3 is 0 Å². The molecule has 0 N–H and O–H groups in total. The maximum atomic E-state index is 3.77. The van der Waals surface area contributed by atoms with Crippen LogP contribution >= 0.6 is 15.9 Å². The zero-order valence-corrected chi connectivity index (χ0v) is 24.7. The van der Waals surface area contributed by atoms with E-state index in [1.807, 2.05) is 0 Å². The lowest BCUT2D eigenvalue weighted by Crippen LogP contribution is -2.16. The van der Waals surface area contributed by atoms with Gasteiger partial charge in [-0.2, -0.15) is 0 Å². The van der Waals surface area contributed by atoms with Crippen LogP contribution in [0.4, 0.5) is 0 Å². The van der Waals surface area contributed by atoms with Crippen molar-refractivity contribution in [1.29, 1.82) is 0 Å². The average Bonchev–Trinajstić information content (AvgIpc) is 3.29. The van der Waals surface area contributed by atoms with Crippen molar-refractivity contribution in [2.45, 2.75) is 84.5 Å². The molecule has 0 radical (unpaired) electrons. The van der Waals surface area contributed by atoms with Crippen molar-refractivity contribution in [2.24, 2.45) is 0 Å². The summed E-state index contributed by atoms with van der Waals surface area (Å²) in [6.45, 7) is 18.6. The fourth-order valence-electron chi connectivity index (χ4n) is 5.97. The number of halogens is 1. The van der Waals surface area contributed by atoms with E-state index in [2.05, 4.69) is 138 Å². The topological polar surface area (TPSA) is 0 Å². The molecule has 0 saturated heterocycles. The highest BCUT2D eigenvalue weighted by molar-refractivity contribution is 9.10. The molecular weight excluding hydrogens is 500 g/mol. The molecule has 0 amide bonds. The maximum absolute atomic E-state index is 3.77. The van der Waals surface area contributed by atoms with E-state index in [9.17, 15) is 0 Å². The van der Waals surface area contributed by atoms with Gasteiger partial charge in [0.1, 0.15) is 0 Å². The van der Waals surface area contributed by atoms with Gasteiger partial charge < -0.3 is 0 Å². The average molecular weight is 540 g/mol. The van der Waals surface area contributed by atoms with Gasteiger partial charge in [-0.25, -0.2) is 0 Å². The summed E-state index contributed by atoms with van der Waals surface area (Å²) in [6, 6.07) is 20.9. The summed E-state index contributed by atoms with van der Waals surface area (Å²) in [4.78, 5) is 0. The van der Waals surface area contributed by atoms with Gasteiger partial charge in [0.25, 0.3) is 0 Å². The van der Waals surface area contributed by atoms with Crippen LogP contribution in [0.3, 0.4) is 0 Å². The summed E-state index contributed by atoms with van der Waals surface area (Å²) >= 11 is 3.77. The minimum atomic E-state index is 0.107. The molecule has 1 heteroatoms. The number of hydrogen-bond acceptors (Lipinski definition) is 0. The molecule has 5 rings (SSSR count). The lowest BCUT2D eigenvalue weighted by molar-refractivity contribution is 0.569. The van der Waals surface area contributed by atoms with Crippen LogP contribution in [0.15, 0.2) is 70.2 Å². The van der Waals surface area contributed by atoms with Crippen LogP contribution in [0, 0.1) is 0 Å². The summed E-state index contributed by atoms with van der Waals surface area (Å²) in [5.41, 5.74) is 14.4. The standard InChI is InChI=1S/C35H39Br/c1-21-15-31-26(23-17-24(34(3,4)5)19-25(18-23)35(6,7)8)11-9-12-27(31)29(21)20-30-22(2)16-32-28(30)13-10-14-33(32)36/h9-19,29-30H,20H2,1-8H3. The van der Waals surface area contributed by atoms with Gasteiger partial charge in [-0.15, -0.1) is 0 Å². The molecular formula is C35H39Br. The third kappa shape index (κ3) is 4.45. The molecule has 0 aliphatic heterocycles. The summed E-state index contributed by atoms with van der Waals surface area (Å²) < 4.78 is 1.21. The SMILES string of the molecule is CC1=Cc2c(Br)cccc2C1CC1C(C)=Cc2c(-c3cc(C(C)(C)C)cc(C(C)(C)C)c3)cccc21. The summed E-state index contributed by atoms with van der Waals surface area (Å²) in [6.07, 6.45) is 5.97. The van der Waals surface area contributed by atoms with Gasteiger partial charge in [-0.3, -0.25) is 0 Å². The van der Waals surface area contributed by atoms with Crippen molar-refractivity contribution in [2.75, 3.05) is 0 Å². The van der Waals surface area contributed by atoms with Gasteiger partial charge in [0, 0.05) is 16.3 Å². The quantitative estimate of drug-likeness (QED) is 0.311. The molecule has 2 aliphatic carbocycles. The van der Waals surface area contributed by atoms with Crippen LogP contribution in [0.5, 0.6) is 0 Å². The smallest absolute Gasteiger partial charge is 0.0250 e. The Labute approximate surface area is 226 Å². The van der Waals surface area contributed by atoms with Gasteiger partial charge in [0.2, 0.25) is 0 Å². The fourth-order valence-corrected chi connectivity index (χ4v) is 6.46. The molecule has 36 heavy (non-hydrogen) atoms. The van der Waals surface area contributed by atoms with E-state index in [-0.39, 0.29) is 10.8 Å². The molecule has 0 heterocycles. The van der Waals surface area contributed by atoms with Crippen LogP contribution in [0.1, 0.15) is 107 Å². The molecule has 3 aromatic carbocycles. The Morgan fingerprint density at radius 3 is 1.72 bits per heavy atom. The zero-order chi connectivity index (χ0) is 26.0. The molecule has 0 bridgehead atoms. The Morgan fingerprint density at radius 2 is 1.17 bits per heavy atom. The normalized spacial score (nSPS) is 19.1. The second-order valence-electron chi connectivity index (χ2n) is 13.0. The minimum absolute atomic E-state index is 0.107. The Morgan fingerprint density at radius 1 is 0.667 bits per heavy atom. The van der Waals surface area contributed by atoms with E-state index in [4.69, 9.17) is 0 Å². The summed E-state index contributed by atoms with van der Waals surface area (Å²) in [7, 11) is 0. The first-order valence-corrected chi connectivity index (χ1v) is 14.1. The van der Waals surface area contributed by atoms with Crippen LogP contribution in [-0.4, -0.2) is 0 Å². The second kappa shape index (κ2) is 8.88. The molecule has 2 atom stereocenters. The molecule has 2 unspecified atom stereocenters. The first-order valence-electron chi connectivity index (χ1n) is 13.3. The van der Waals surface area contributed by atoms with Crippen molar-refractivity contribution in [1.82, 2.24) is 0 Å². The van der Waals surface area contributed by atoms with Gasteiger partial charge in [-0.1, -0.05) is 129 Å². The van der Waals surface area contributed by atoms with Crippen molar-refractivity contribution in [3.05, 3.63) is 104 Å². The molecule has 0 saturated carbocycles. The van der Waals surface area contributed by atoms with Crippen LogP contribution in [-0.2, 0) is 10.8 Å².